The van der Waals surface area contributed by atoms with Gasteiger partial charge in [0.25, 0.3) is 0 Å². The van der Waals surface area contributed by atoms with E-state index in [1.807, 2.05) is 99.7 Å². The van der Waals surface area contributed by atoms with Gasteiger partial charge in [0.15, 0.2) is 0 Å². The Bertz CT molecular complexity index is 1480. The third-order valence-corrected chi connectivity index (χ3v) is 9.82. The first-order chi connectivity index (χ1) is 23.8. The van der Waals surface area contributed by atoms with Gasteiger partial charge in [0.1, 0.15) is 24.2 Å². The zero-order valence-electron chi connectivity index (χ0n) is 33.5. The van der Waals surface area contributed by atoms with Crippen molar-refractivity contribution in [2.24, 2.45) is 29.6 Å². The van der Waals surface area contributed by atoms with Gasteiger partial charge in [0.2, 0.25) is 29.5 Å². The van der Waals surface area contributed by atoms with Crippen LogP contribution in [-0.2, 0) is 30.4 Å². The van der Waals surface area contributed by atoms with Crippen LogP contribution in [0.25, 0.3) is 10.9 Å². The molecule has 286 valence electrons. The number of H-pyrrole nitrogens is 1. The number of amides is 5. The zero-order chi connectivity index (χ0) is 38.9. The number of para-hydroxylation sites is 1. The van der Waals surface area contributed by atoms with E-state index in [9.17, 15) is 24.0 Å². The maximum atomic E-state index is 14.3. The Morgan fingerprint density at radius 3 is 1.57 bits per heavy atom. The van der Waals surface area contributed by atoms with Crippen LogP contribution in [0.2, 0.25) is 0 Å². The Balaban J connectivity index is 2.27. The van der Waals surface area contributed by atoms with Crippen LogP contribution in [0.3, 0.4) is 0 Å². The molecule has 0 radical (unpaired) electrons. The van der Waals surface area contributed by atoms with Crippen molar-refractivity contribution in [3.63, 3.8) is 0 Å². The number of carbonyl (C=O) groups is 5. The van der Waals surface area contributed by atoms with Gasteiger partial charge in [0, 0.05) is 44.8 Å². The number of benzene rings is 1. The molecule has 0 aliphatic rings. The summed E-state index contributed by atoms with van der Waals surface area (Å²) in [6.07, 6.45) is 2.58. The van der Waals surface area contributed by atoms with Crippen LogP contribution in [0.4, 0.5) is 0 Å². The van der Waals surface area contributed by atoms with E-state index >= 15 is 0 Å². The molecular weight excluding hydrogens is 646 g/mol. The molecule has 0 bridgehead atoms. The number of nitrogens with zero attached hydrogens (tertiary/aromatic N) is 3. The zero-order valence-corrected chi connectivity index (χ0v) is 33.5. The van der Waals surface area contributed by atoms with Crippen molar-refractivity contribution in [3.05, 3.63) is 36.0 Å². The summed E-state index contributed by atoms with van der Waals surface area (Å²) in [4.78, 5) is 76.8. The Labute approximate surface area is 305 Å². The van der Waals surface area contributed by atoms with Gasteiger partial charge in [0.05, 0.1) is 6.04 Å². The number of hydrogen-bond acceptors (Lipinski definition) is 6. The van der Waals surface area contributed by atoms with Gasteiger partial charge in [-0.3, -0.25) is 24.0 Å². The van der Waals surface area contributed by atoms with Crippen molar-refractivity contribution < 1.29 is 24.0 Å². The predicted octanol–water partition coefficient (Wildman–Crippen LogP) is 3.66. The molecule has 0 aliphatic heterocycles. The van der Waals surface area contributed by atoms with Gasteiger partial charge in [-0.1, -0.05) is 87.4 Å². The van der Waals surface area contributed by atoms with Gasteiger partial charge in [-0.2, -0.15) is 0 Å². The molecule has 51 heavy (non-hydrogen) atoms. The van der Waals surface area contributed by atoms with E-state index in [4.69, 9.17) is 0 Å². The van der Waals surface area contributed by atoms with Gasteiger partial charge in [-0.05, 0) is 54.7 Å². The SMILES string of the molecule is CNC(C(=O)NC(C(=O)N(C)C(C(=O)N(C)C(C(=O)N(C)C(C(=O)NCCc1c[nH]c2ccccc12)C(C)C)C(C)C)C(C)C)C(C)C)C(C)C. The number of likely N-dealkylation sites (N-methyl/N-ethyl adjacent to an activating group) is 4. The lowest BCUT2D eigenvalue weighted by Crippen LogP contribution is -2.62. The molecule has 0 saturated heterocycles. The topological polar surface area (TPSA) is 147 Å². The fourth-order valence-electron chi connectivity index (χ4n) is 7.06. The summed E-state index contributed by atoms with van der Waals surface area (Å²) >= 11 is 0. The van der Waals surface area contributed by atoms with Crippen LogP contribution in [0.5, 0.6) is 0 Å². The van der Waals surface area contributed by atoms with Gasteiger partial charge >= 0.3 is 0 Å². The second-order valence-electron chi connectivity index (χ2n) is 15.6. The summed E-state index contributed by atoms with van der Waals surface area (Å²) in [5.74, 6) is -2.71. The van der Waals surface area contributed by atoms with Crippen LogP contribution >= 0.6 is 0 Å². The van der Waals surface area contributed by atoms with Crippen molar-refractivity contribution in [2.45, 2.75) is 106 Å². The molecule has 5 amide bonds. The highest BCUT2D eigenvalue weighted by molar-refractivity contribution is 5.96. The van der Waals surface area contributed by atoms with Crippen LogP contribution in [-0.4, -0.2) is 114 Å². The molecule has 12 nitrogen and oxygen atoms in total. The van der Waals surface area contributed by atoms with Gasteiger partial charge < -0.3 is 35.6 Å². The first-order valence-corrected chi connectivity index (χ1v) is 18.4. The molecule has 1 heterocycles. The van der Waals surface area contributed by atoms with E-state index in [1.165, 1.54) is 14.7 Å². The van der Waals surface area contributed by atoms with E-state index < -0.39 is 36.1 Å². The number of hydrogen-bond donors (Lipinski definition) is 4. The largest absolute Gasteiger partial charge is 0.361 e. The lowest BCUT2D eigenvalue weighted by molar-refractivity contribution is -0.155. The highest BCUT2D eigenvalue weighted by Gasteiger charge is 2.42. The van der Waals surface area contributed by atoms with E-state index in [0.717, 1.165) is 16.5 Å². The summed E-state index contributed by atoms with van der Waals surface area (Å²) in [5.41, 5.74) is 2.13. The van der Waals surface area contributed by atoms with Crippen LogP contribution < -0.4 is 16.0 Å². The molecule has 0 fully saturated rings. The Morgan fingerprint density at radius 2 is 1.10 bits per heavy atom. The standard InChI is InChI=1S/C39H65N7O5/c1-22(2)30(40-11)35(47)43-31(23(3)4)37(49)45(13)33(25(7)8)39(51)46(14)34(26(9)10)38(50)44(12)32(24(5)6)36(48)41-20-19-27-21-42-29-18-16-15-17-28(27)29/h15-18,21-26,30-34,40,42H,19-20H2,1-14H3,(H,41,48)(H,43,47). The van der Waals surface area contributed by atoms with Crippen molar-refractivity contribution in [2.75, 3.05) is 34.7 Å². The second-order valence-corrected chi connectivity index (χ2v) is 15.6. The molecule has 0 saturated carbocycles. The minimum absolute atomic E-state index is 0.00425. The predicted molar refractivity (Wildman–Crippen MR) is 204 cm³/mol. The van der Waals surface area contributed by atoms with Crippen molar-refractivity contribution in [3.8, 4) is 0 Å². The number of nitrogens with one attached hydrogen (secondary N) is 4. The lowest BCUT2D eigenvalue weighted by atomic mass is 9.94. The summed E-state index contributed by atoms with van der Waals surface area (Å²) in [6, 6.07) is 4.11. The van der Waals surface area contributed by atoms with E-state index in [-0.39, 0.29) is 53.2 Å². The van der Waals surface area contributed by atoms with Gasteiger partial charge in [-0.25, -0.2) is 0 Å². The number of carbonyl (C=O) groups excluding carboxylic acids is 5. The third kappa shape index (κ3) is 10.6. The summed E-state index contributed by atoms with van der Waals surface area (Å²) < 4.78 is 0. The third-order valence-electron chi connectivity index (χ3n) is 9.82. The molecule has 2 aromatic rings. The average molecular weight is 712 g/mol. The van der Waals surface area contributed by atoms with E-state index in [0.29, 0.717) is 13.0 Å². The fraction of sp³-hybridized carbons (Fsp3) is 0.667. The maximum Gasteiger partial charge on any atom is 0.246 e. The highest BCUT2D eigenvalue weighted by atomic mass is 16.2. The van der Waals surface area contributed by atoms with Crippen LogP contribution in [0.15, 0.2) is 30.5 Å². The molecule has 2 rings (SSSR count). The normalized spacial score (nSPS) is 14.8. The quantitative estimate of drug-likeness (QED) is 0.186. The molecular formula is C39H65N7O5. The highest BCUT2D eigenvalue weighted by Crippen LogP contribution is 2.23. The van der Waals surface area contributed by atoms with Crippen molar-refractivity contribution in [1.29, 1.82) is 0 Å². The molecule has 5 atom stereocenters. The van der Waals surface area contributed by atoms with Crippen LogP contribution in [0, 0.1) is 29.6 Å². The minimum Gasteiger partial charge on any atom is -0.361 e. The smallest absolute Gasteiger partial charge is 0.246 e. The Hall–Kier alpha value is -3.93. The first kappa shape index (κ1) is 43.2. The summed E-state index contributed by atoms with van der Waals surface area (Å²) in [6.45, 7) is 19.2. The number of fused-ring (bicyclic) bond motifs is 1. The van der Waals surface area contributed by atoms with Gasteiger partial charge in [-0.15, -0.1) is 0 Å². The minimum atomic E-state index is -0.904. The molecule has 5 unspecified atom stereocenters. The van der Waals surface area contributed by atoms with Crippen molar-refractivity contribution >= 4 is 40.4 Å². The lowest BCUT2D eigenvalue weighted by Gasteiger charge is -2.41. The van der Waals surface area contributed by atoms with E-state index in [2.05, 4.69) is 20.9 Å². The summed E-state index contributed by atoms with van der Waals surface area (Å²) in [5, 5.41) is 10.1. The number of aromatic nitrogens is 1. The fourth-order valence-corrected chi connectivity index (χ4v) is 7.06. The molecule has 4 N–H and O–H groups in total. The molecule has 0 aliphatic carbocycles. The molecule has 1 aromatic carbocycles. The van der Waals surface area contributed by atoms with Crippen LogP contribution in [0.1, 0.15) is 74.8 Å². The molecule has 0 spiro atoms. The average Bonchev–Trinajstić information content (AvgIpc) is 3.45. The summed E-state index contributed by atoms with van der Waals surface area (Å²) in [7, 11) is 6.48. The molecule has 12 heteroatoms. The molecule has 1 aromatic heterocycles. The monoisotopic (exact) mass is 712 g/mol. The number of aromatic amines is 1. The van der Waals surface area contributed by atoms with E-state index in [1.54, 1.807) is 28.2 Å². The van der Waals surface area contributed by atoms with Crippen molar-refractivity contribution in [1.82, 2.24) is 35.6 Å². The first-order valence-electron chi connectivity index (χ1n) is 18.4. The second kappa shape index (κ2) is 19.1. The Morgan fingerprint density at radius 1 is 0.627 bits per heavy atom. The maximum absolute atomic E-state index is 14.3. The number of rotatable bonds is 18. The Kier molecular flexibility index (Phi) is 16.2.